The number of aliphatic hydroxyl groups is 1. The van der Waals surface area contributed by atoms with Crippen LogP contribution in [0.5, 0.6) is 0 Å². The fourth-order valence-electron chi connectivity index (χ4n) is 2.41. The molecule has 0 bridgehead atoms. The molecule has 126 valence electrons. The molecule has 1 atom stereocenters. The molecule has 24 heavy (non-hydrogen) atoms. The quantitative estimate of drug-likeness (QED) is 0.747. The molecule has 1 amide bonds. The Morgan fingerprint density at radius 1 is 1.33 bits per heavy atom. The predicted octanol–water partition coefficient (Wildman–Crippen LogP) is 1.28. The number of nitrogens with one attached hydrogen (secondary N) is 1. The zero-order valence-electron chi connectivity index (χ0n) is 14.0. The fraction of sp³-hybridized carbons (Fsp3) is 0.375. The average Bonchev–Trinajstić information content (AvgIpc) is 3.11. The molecular weight excluding hydrogens is 310 g/mol. The molecule has 0 spiro atoms. The van der Waals surface area contributed by atoms with Crippen LogP contribution in [0.2, 0.25) is 0 Å². The summed E-state index contributed by atoms with van der Waals surface area (Å²) in [6, 6.07) is 5.29. The Morgan fingerprint density at radius 2 is 2.08 bits per heavy atom. The molecule has 0 saturated carbocycles. The lowest BCUT2D eigenvalue weighted by atomic mass is 10.0. The highest BCUT2D eigenvalue weighted by Crippen LogP contribution is 2.22. The number of rotatable bonds is 4. The molecule has 0 fully saturated rings. The van der Waals surface area contributed by atoms with Crippen molar-refractivity contribution in [2.75, 3.05) is 6.54 Å². The monoisotopic (exact) mass is 329 g/mol. The van der Waals surface area contributed by atoms with Crippen LogP contribution in [-0.4, -0.2) is 37.1 Å². The van der Waals surface area contributed by atoms with Crippen molar-refractivity contribution in [3.05, 3.63) is 46.9 Å². The van der Waals surface area contributed by atoms with Gasteiger partial charge in [-0.25, -0.2) is 9.50 Å². The van der Waals surface area contributed by atoms with Crippen LogP contribution in [0.15, 0.2) is 22.6 Å². The summed E-state index contributed by atoms with van der Waals surface area (Å²) < 4.78 is 6.93. The lowest BCUT2D eigenvalue weighted by Gasteiger charge is -2.20. The number of aromatic nitrogens is 4. The van der Waals surface area contributed by atoms with Crippen LogP contribution in [0.4, 0.5) is 0 Å². The first-order chi connectivity index (χ1) is 11.3. The Labute approximate surface area is 138 Å². The van der Waals surface area contributed by atoms with Gasteiger partial charge in [-0.3, -0.25) is 4.79 Å². The van der Waals surface area contributed by atoms with Crippen LogP contribution in [-0.2, 0) is 5.60 Å². The highest BCUT2D eigenvalue weighted by atomic mass is 16.4. The van der Waals surface area contributed by atoms with E-state index in [-0.39, 0.29) is 12.4 Å². The van der Waals surface area contributed by atoms with E-state index in [1.807, 2.05) is 19.9 Å². The largest absolute Gasteiger partial charge is 0.463 e. The van der Waals surface area contributed by atoms with Crippen molar-refractivity contribution >= 4 is 11.7 Å². The summed E-state index contributed by atoms with van der Waals surface area (Å²) in [5, 5.41) is 17.2. The number of fused-ring (bicyclic) bond motifs is 1. The van der Waals surface area contributed by atoms with Crippen molar-refractivity contribution in [2.24, 2.45) is 0 Å². The van der Waals surface area contributed by atoms with Gasteiger partial charge in [0.1, 0.15) is 17.1 Å². The number of carbonyl (C=O) groups excluding carboxylic acids is 1. The van der Waals surface area contributed by atoms with Gasteiger partial charge in [0.2, 0.25) is 5.82 Å². The Hall–Kier alpha value is -2.74. The van der Waals surface area contributed by atoms with Crippen LogP contribution >= 0.6 is 0 Å². The summed E-state index contributed by atoms with van der Waals surface area (Å²) in [6.07, 6.45) is 0. The molecule has 8 nitrogen and oxygen atoms in total. The van der Waals surface area contributed by atoms with Crippen LogP contribution < -0.4 is 5.32 Å². The summed E-state index contributed by atoms with van der Waals surface area (Å²) in [4.78, 5) is 20.7. The van der Waals surface area contributed by atoms with Gasteiger partial charge < -0.3 is 14.8 Å². The molecule has 3 heterocycles. The van der Waals surface area contributed by atoms with Gasteiger partial charge in [-0.2, -0.15) is 4.98 Å². The van der Waals surface area contributed by atoms with E-state index in [0.717, 1.165) is 11.4 Å². The van der Waals surface area contributed by atoms with Gasteiger partial charge in [-0.05, 0) is 45.9 Å². The van der Waals surface area contributed by atoms with Crippen molar-refractivity contribution in [1.82, 2.24) is 24.9 Å². The number of furan rings is 1. The molecule has 3 aromatic rings. The molecule has 8 heteroatoms. The molecule has 3 aromatic heterocycles. The summed E-state index contributed by atoms with van der Waals surface area (Å²) in [6.45, 7) is 7.04. The van der Waals surface area contributed by atoms with E-state index in [0.29, 0.717) is 17.3 Å². The summed E-state index contributed by atoms with van der Waals surface area (Å²) >= 11 is 0. The van der Waals surface area contributed by atoms with Crippen LogP contribution in [0.3, 0.4) is 0 Å². The first-order valence-electron chi connectivity index (χ1n) is 7.55. The van der Waals surface area contributed by atoms with Crippen molar-refractivity contribution in [1.29, 1.82) is 0 Å². The molecule has 2 N–H and O–H groups in total. The third kappa shape index (κ3) is 3.00. The standard InChI is InChI=1S/C16H19N5O3/c1-9-7-10(2)21-15(18-9)19-13(20-21)14(22)17-8-16(4,23)12-6-5-11(3)24-12/h5-7,23H,8H2,1-4H3,(H,17,22). The number of hydrogen-bond acceptors (Lipinski definition) is 6. The van der Waals surface area contributed by atoms with E-state index in [1.54, 1.807) is 26.0 Å². The van der Waals surface area contributed by atoms with Crippen molar-refractivity contribution < 1.29 is 14.3 Å². The minimum atomic E-state index is -1.33. The Morgan fingerprint density at radius 3 is 2.75 bits per heavy atom. The normalized spacial score (nSPS) is 13.9. The van der Waals surface area contributed by atoms with Gasteiger partial charge in [-0.1, -0.05) is 0 Å². The number of carbonyl (C=O) groups is 1. The first-order valence-corrected chi connectivity index (χ1v) is 7.55. The molecule has 0 aromatic carbocycles. The molecule has 0 aliphatic carbocycles. The lowest BCUT2D eigenvalue weighted by Crippen LogP contribution is -2.38. The minimum absolute atomic E-state index is 0.00243. The number of aryl methyl sites for hydroxylation is 3. The fourth-order valence-corrected chi connectivity index (χ4v) is 2.41. The molecule has 0 saturated heterocycles. The van der Waals surface area contributed by atoms with Crippen molar-refractivity contribution in [3.63, 3.8) is 0 Å². The highest BCUT2D eigenvalue weighted by Gasteiger charge is 2.28. The molecule has 0 aliphatic heterocycles. The molecular formula is C16H19N5O3. The van der Waals surface area contributed by atoms with Gasteiger partial charge in [0.05, 0.1) is 6.54 Å². The number of hydrogen-bond donors (Lipinski definition) is 2. The maximum Gasteiger partial charge on any atom is 0.291 e. The SMILES string of the molecule is Cc1cc(C)n2nc(C(=O)NCC(C)(O)c3ccc(C)o3)nc2n1. The third-order valence-corrected chi connectivity index (χ3v) is 3.69. The summed E-state index contributed by atoms with van der Waals surface area (Å²) in [5.41, 5.74) is 0.311. The second-order valence-electron chi connectivity index (χ2n) is 6.05. The van der Waals surface area contributed by atoms with Crippen LogP contribution in [0.1, 0.15) is 40.5 Å². The molecule has 1 unspecified atom stereocenters. The minimum Gasteiger partial charge on any atom is -0.463 e. The topological polar surface area (TPSA) is 106 Å². The second-order valence-corrected chi connectivity index (χ2v) is 6.05. The van der Waals surface area contributed by atoms with Gasteiger partial charge in [-0.15, -0.1) is 5.10 Å². The van der Waals surface area contributed by atoms with E-state index in [1.165, 1.54) is 4.52 Å². The predicted molar refractivity (Wildman–Crippen MR) is 85.6 cm³/mol. The van der Waals surface area contributed by atoms with E-state index >= 15 is 0 Å². The van der Waals surface area contributed by atoms with Gasteiger partial charge in [0.25, 0.3) is 11.7 Å². The second kappa shape index (κ2) is 5.72. The summed E-state index contributed by atoms with van der Waals surface area (Å²) in [7, 11) is 0. The van der Waals surface area contributed by atoms with E-state index < -0.39 is 11.5 Å². The Kier molecular flexibility index (Phi) is 3.84. The van der Waals surface area contributed by atoms with Gasteiger partial charge in [0.15, 0.2) is 0 Å². The smallest absolute Gasteiger partial charge is 0.291 e. The third-order valence-electron chi connectivity index (χ3n) is 3.69. The molecule has 3 rings (SSSR count). The van der Waals surface area contributed by atoms with Crippen LogP contribution in [0, 0.1) is 20.8 Å². The van der Waals surface area contributed by atoms with Crippen molar-refractivity contribution in [2.45, 2.75) is 33.3 Å². The van der Waals surface area contributed by atoms with Gasteiger partial charge >= 0.3 is 0 Å². The molecule has 0 aliphatic rings. The average molecular weight is 329 g/mol. The van der Waals surface area contributed by atoms with Crippen LogP contribution in [0.25, 0.3) is 5.78 Å². The Balaban J connectivity index is 1.76. The lowest BCUT2D eigenvalue weighted by molar-refractivity contribution is 0.0322. The van der Waals surface area contributed by atoms with Crippen molar-refractivity contribution in [3.8, 4) is 0 Å². The molecule has 0 radical (unpaired) electrons. The van der Waals surface area contributed by atoms with Gasteiger partial charge in [0, 0.05) is 11.4 Å². The maximum absolute atomic E-state index is 12.3. The van der Waals surface area contributed by atoms with E-state index in [4.69, 9.17) is 4.42 Å². The number of amides is 1. The zero-order valence-corrected chi connectivity index (χ0v) is 14.0. The number of nitrogens with zero attached hydrogens (tertiary/aromatic N) is 4. The maximum atomic E-state index is 12.3. The Bertz CT molecular complexity index is 910. The van der Waals surface area contributed by atoms with E-state index in [9.17, 15) is 9.90 Å². The van der Waals surface area contributed by atoms with E-state index in [2.05, 4.69) is 20.4 Å². The highest BCUT2D eigenvalue weighted by molar-refractivity contribution is 5.90. The zero-order chi connectivity index (χ0) is 17.5. The summed E-state index contributed by atoms with van der Waals surface area (Å²) in [5.74, 6) is 0.960. The first kappa shape index (κ1) is 16.1.